The third-order valence-electron chi connectivity index (χ3n) is 2.69. The van der Waals surface area contributed by atoms with Gasteiger partial charge in [-0.05, 0) is 12.1 Å². The number of anilines is 1. The molecule has 0 spiro atoms. The molecule has 0 saturated heterocycles. The maximum absolute atomic E-state index is 13.4. The first-order valence-electron chi connectivity index (χ1n) is 4.82. The lowest BCUT2D eigenvalue weighted by molar-refractivity contribution is -0.139. The number of benzene rings is 1. The number of carboxylic acids is 1. The fourth-order valence-electron chi connectivity index (χ4n) is 2.01. The third-order valence-corrected chi connectivity index (χ3v) is 2.69. The van der Waals surface area contributed by atoms with Gasteiger partial charge in [0.2, 0.25) is 5.91 Å². The van der Waals surface area contributed by atoms with Gasteiger partial charge in [0.1, 0.15) is 11.9 Å². The molecule has 0 saturated carbocycles. The number of carboxylic acid groups (broad SMARTS) is 1. The van der Waals surface area contributed by atoms with Crippen LogP contribution in [0.5, 0.6) is 0 Å². The quantitative estimate of drug-likeness (QED) is 0.777. The first-order valence-corrected chi connectivity index (χ1v) is 4.82. The van der Waals surface area contributed by atoms with Crippen LogP contribution >= 0.6 is 0 Å². The molecule has 1 aromatic rings. The summed E-state index contributed by atoms with van der Waals surface area (Å²) in [5, 5.41) is 8.98. The normalized spacial score (nSPS) is 18.4. The lowest BCUT2D eigenvalue weighted by atomic mass is 10.1. The number of nitrogens with zero attached hydrogens (tertiary/aromatic N) is 1. The third kappa shape index (κ3) is 1.44. The number of hydrogen-bond acceptors (Lipinski definition) is 2. The molecule has 1 aromatic carbocycles. The smallest absolute Gasteiger partial charge is 0.327 e. The van der Waals surface area contributed by atoms with Crippen molar-refractivity contribution in [1.29, 1.82) is 0 Å². The minimum Gasteiger partial charge on any atom is -0.480 e. The Morgan fingerprint density at radius 1 is 1.50 bits per heavy atom. The van der Waals surface area contributed by atoms with E-state index in [2.05, 4.69) is 0 Å². The highest BCUT2D eigenvalue weighted by Gasteiger charge is 2.38. The van der Waals surface area contributed by atoms with E-state index in [1.807, 2.05) is 0 Å². The second-order valence-corrected chi connectivity index (χ2v) is 3.68. The van der Waals surface area contributed by atoms with Gasteiger partial charge in [0.15, 0.2) is 0 Å². The fourth-order valence-corrected chi connectivity index (χ4v) is 2.01. The lowest BCUT2D eigenvalue weighted by Crippen LogP contribution is -2.41. The summed E-state index contributed by atoms with van der Waals surface area (Å²) in [6.45, 7) is 1.27. The molecule has 1 aliphatic rings. The van der Waals surface area contributed by atoms with Crippen LogP contribution in [0.4, 0.5) is 10.1 Å². The minimum absolute atomic E-state index is 0.0247. The zero-order chi connectivity index (χ0) is 11.9. The number of carbonyl (C=O) groups excluding carboxylic acids is 1. The maximum atomic E-state index is 13.4. The van der Waals surface area contributed by atoms with Gasteiger partial charge in [0.05, 0.1) is 5.69 Å². The van der Waals surface area contributed by atoms with E-state index in [0.29, 0.717) is 11.3 Å². The van der Waals surface area contributed by atoms with E-state index < -0.39 is 23.7 Å². The van der Waals surface area contributed by atoms with Gasteiger partial charge in [-0.25, -0.2) is 9.18 Å². The van der Waals surface area contributed by atoms with Gasteiger partial charge >= 0.3 is 5.97 Å². The number of aliphatic carboxylic acids is 1. The molecule has 0 fully saturated rings. The molecule has 0 aromatic heterocycles. The number of amides is 1. The van der Waals surface area contributed by atoms with Gasteiger partial charge in [-0.1, -0.05) is 6.07 Å². The summed E-state index contributed by atoms with van der Waals surface area (Å²) in [5.74, 6) is -1.98. The molecule has 4 nitrogen and oxygen atoms in total. The minimum atomic E-state index is -1.12. The van der Waals surface area contributed by atoms with E-state index in [4.69, 9.17) is 5.11 Å². The van der Waals surface area contributed by atoms with Crippen LogP contribution in [0.3, 0.4) is 0 Å². The molecule has 0 radical (unpaired) electrons. The van der Waals surface area contributed by atoms with Crippen molar-refractivity contribution in [2.75, 3.05) is 4.90 Å². The van der Waals surface area contributed by atoms with Crippen molar-refractivity contribution in [1.82, 2.24) is 0 Å². The van der Waals surface area contributed by atoms with Crippen molar-refractivity contribution in [3.05, 3.63) is 29.6 Å². The van der Waals surface area contributed by atoms with Crippen LogP contribution < -0.4 is 4.90 Å². The van der Waals surface area contributed by atoms with Gasteiger partial charge in [-0.2, -0.15) is 0 Å². The van der Waals surface area contributed by atoms with E-state index in [-0.39, 0.29) is 6.42 Å². The summed E-state index contributed by atoms with van der Waals surface area (Å²) in [5.41, 5.74) is 0.657. The predicted octanol–water partition coefficient (Wildman–Crippen LogP) is 1.19. The average Bonchev–Trinajstić information content (AvgIpc) is 2.58. The predicted molar refractivity (Wildman–Crippen MR) is 54.7 cm³/mol. The van der Waals surface area contributed by atoms with E-state index in [9.17, 15) is 14.0 Å². The van der Waals surface area contributed by atoms with Crippen molar-refractivity contribution >= 4 is 17.6 Å². The molecule has 1 atom stereocenters. The van der Waals surface area contributed by atoms with E-state index in [0.717, 1.165) is 4.90 Å². The number of halogens is 1. The second-order valence-electron chi connectivity index (χ2n) is 3.68. The summed E-state index contributed by atoms with van der Waals surface area (Å²) in [7, 11) is 0. The van der Waals surface area contributed by atoms with Crippen LogP contribution in [0.2, 0.25) is 0 Å². The van der Waals surface area contributed by atoms with Crippen LogP contribution in [0.1, 0.15) is 12.5 Å². The Morgan fingerprint density at radius 2 is 2.19 bits per heavy atom. The van der Waals surface area contributed by atoms with Crippen molar-refractivity contribution in [2.45, 2.75) is 19.4 Å². The Kier molecular flexibility index (Phi) is 2.38. The van der Waals surface area contributed by atoms with Crippen LogP contribution in [-0.2, 0) is 16.0 Å². The topological polar surface area (TPSA) is 57.6 Å². The molecule has 0 bridgehead atoms. The maximum Gasteiger partial charge on any atom is 0.327 e. The molecule has 1 amide bonds. The first kappa shape index (κ1) is 10.6. The Bertz CT molecular complexity index is 472. The molecule has 0 aliphatic carbocycles. The Hall–Kier alpha value is -1.91. The summed E-state index contributed by atoms with van der Waals surface area (Å²) >= 11 is 0. The first-order chi connectivity index (χ1) is 7.52. The standard InChI is InChI=1S/C11H10FNO3/c1-6(14)13-9-4-2-3-8(12)7(9)5-10(13)11(15)16/h2-4,10H,5H2,1H3,(H,15,16). The van der Waals surface area contributed by atoms with Gasteiger partial charge in [0, 0.05) is 18.9 Å². The van der Waals surface area contributed by atoms with E-state index in [1.165, 1.54) is 19.1 Å². The zero-order valence-electron chi connectivity index (χ0n) is 8.61. The van der Waals surface area contributed by atoms with Crippen molar-refractivity contribution < 1.29 is 19.1 Å². The molecule has 1 N–H and O–H groups in total. The molecule has 2 rings (SSSR count). The molecular weight excluding hydrogens is 213 g/mol. The van der Waals surface area contributed by atoms with Crippen molar-refractivity contribution in [3.8, 4) is 0 Å². The van der Waals surface area contributed by atoms with Crippen molar-refractivity contribution in [2.24, 2.45) is 0 Å². The van der Waals surface area contributed by atoms with E-state index in [1.54, 1.807) is 6.07 Å². The summed E-state index contributed by atoms with van der Waals surface area (Å²) in [6.07, 6.45) is 0.0247. The number of hydrogen-bond donors (Lipinski definition) is 1. The monoisotopic (exact) mass is 223 g/mol. The molecular formula is C11H10FNO3. The summed E-state index contributed by atoms with van der Waals surface area (Å²) < 4.78 is 13.4. The molecule has 1 heterocycles. The Morgan fingerprint density at radius 3 is 2.75 bits per heavy atom. The van der Waals surface area contributed by atoms with Crippen LogP contribution in [0, 0.1) is 5.82 Å². The van der Waals surface area contributed by atoms with Crippen LogP contribution in [-0.4, -0.2) is 23.0 Å². The Labute approximate surface area is 91.3 Å². The van der Waals surface area contributed by atoms with Crippen LogP contribution in [0.25, 0.3) is 0 Å². The van der Waals surface area contributed by atoms with Crippen molar-refractivity contribution in [3.63, 3.8) is 0 Å². The van der Waals surface area contributed by atoms with Crippen LogP contribution in [0.15, 0.2) is 18.2 Å². The number of rotatable bonds is 1. The number of carbonyl (C=O) groups is 2. The van der Waals surface area contributed by atoms with Gasteiger partial charge in [-0.15, -0.1) is 0 Å². The molecule has 84 valence electrons. The highest BCUT2D eigenvalue weighted by Crippen LogP contribution is 2.33. The zero-order valence-corrected chi connectivity index (χ0v) is 8.61. The average molecular weight is 223 g/mol. The highest BCUT2D eigenvalue weighted by molar-refractivity contribution is 6.00. The summed E-state index contributed by atoms with van der Waals surface area (Å²) in [6, 6.07) is 3.29. The molecule has 5 heteroatoms. The van der Waals surface area contributed by atoms with Gasteiger partial charge < -0.3 is 5.11 Å². The highest BCUT2D eigenvalue weighted by atomic mass is 19.1. The number of fused-ring (bicyclic) bond motifs is 1. The largest absolute Gasteiger partial charge is 0.480 e. The SMILES string of the molecule is CC(=O)N1c2cccc(F)c2CC1C(=O)O. The molecule has 1 unspecified atom stereocenters. The second kappa shape index (κ2) is 3.59. The molecule has 16 heavy (non-hydrogen) atoms. The Balaban J connectivity index is 2.53. The lowest BCUT2D eigenvalue weighted by Gasteiger charge is -2.20. The van der Waals surface area contributed by atoms with Gasteiger partial charge in [-0.3, -0.25) is 9.69 Å². The summed E-state index contributed by atoms with van der Waals surface area (Å²) in [4.78, 5) is 23.5. The van der Waals surface area contributed by atoms with Gasteiger partial charge in [0.25, 0.3) is 0 Å². The fraction of sp³-hybridized carbons (Fsp3) is 0.273. The molecule has 1 aliphatic heterocycles. The van der Waals surface area contributed by atoms with E-state index >= 15 is 0 Å².